The van der Waals surface area contributed by atoms with Crippen molar-refractivity contribution in [2.45, 2.75) is 24.9 Å². The number of amides is 2. The maximum atomic E-state index is 13.2. The summed E-state index contributed by atoms with van der Waals surface area (Å²) >= 11 is 0. The Labute approximate surface area is 255 Å². The summed E-state index contributed by atoms with van der Waals surface area (Å²) in [5.74, 6) is -2.11. The third-order valence-corrected chi connectivity index (χ3v) is 7.27. The molecule has 2 saturated heterocycles. The Kier molecular flexibility index (Phi) is 9.45. The number of carbonyl (C=O) groups excluding carboxylic acids is 4. The van der Waals surface area contributed by atoms with E-state index in [2.05, 4.69) is 13.2 Å². The fourth-order valence-corrected chi connectivity index (χ4v) is 5.10. The molecule has 2 heterocycles. The van der Waals surface area contributed by atoms with Crippen molar-refractivity contribution in [3.05, 3.63) is 79.9 Å². The van der Waals surface area contributed by atoms with Crippen LogP contribution in [0.15, 0.2) is 48.6 Å². The van der Waals surface area contributed by atoms with Gasteiger partial charge in [0, 0.05) is 25.2 Å². The molecule has 16 heteroatoms. The number of nitro benzene ring substituents is 2. The Morgan fingerprint density at radius 1 is 0.778 bits per heavy atom. The number of hydrogen-bond donors (Lipinski definition) is 0. The second kappa shape index (κ2) is 13.2. The van der Waals surface area contributed by atoms with Crippen LogP contribution in [0.5, 0.6) is 23.0 Å². The normalized spacial score (nSPS) is 17.6. The number of benzene rings is 2. The summed E-state index contributed by atoms with van der Waals surface area (Å²) in [4.78, 5) is 74.0. The highest BCUT2D eigenvalue weighted by atomic mass is 16.7. The van der Waals surface area contributed by atoms with Crippen molar-refractivity contribution in [3.8, 4) is 23.0 Å². The Bertz CT molecular complexity index is 1500. The lowest BCUT2D eigenvalue weighted by Crippen LogP contribution is -2.36. The van der Waals surface area contributed by atoms with E-state index in [9.17, 15) is 39.4 Å². The van der Waals surface area contributed by atoms with Gasteiger partial charge < -0.3 is 38.3 Å². The molecule has 0 aromatic heterocycles. The predicted molar refractivity (Wildman–Crippen MR) is 155 cm³/mol. The third kappa shape index (κ3) is 6.43. The number of ether oxygens (including phenoxy) is 4. The molecular weight excluding hydrogens is 596 g/mol. The first-order valence-electron chi connectivity index (χ1n) is 13.3. The van der Waals surface area contributed by atoms with E-state index >= 15 is 0 Å². The molecule has 0 bridgehead atoms. The van der Waals surface area contributed by atoms with Gasteiger partial charge in [0.15, 0.2) is 23.0 Å². The number of nitro groups is 2. The standard InChI is InChI=1S/C29H28N4O12/c1-16-5-18(13-34)30(11-16)28(36)20-7-24(42-3)26(9-22(20)32(38)39)44-15-45-27-10-23(33(40)41)21(8-25(27)43-4)29(37)31-12-17(2)6-19(31)14-35/h7-10,13-14,18-19H,1-2,5-6,11-12,15H2,3-4H3/t18-,19-/m0/s1. The molecule has 4 rings (SSSR count). The van der Waals surface area contributed by atoms with Crippen LogP contribution in [0.3, 0.4) is 0 Å². The van der Waals surface area contributed by atoms with Crippen LogP contribution in [0.2, 0.25) is 0 Å². The van der Waals surface area contributed by atoms with E-state index in [0.717, 1.165) is 24.3 Å². The van der Waals surface area contributed by atoms with Crippen molar-refractivity contribution in [1.29, 1.82) is 0 Å². The molecule has 0 aliphatic carbocycles. The first kappa shape index (κ1) is 32.1. The third-order valence-electron chi connectivity index (χ3n) is 7.27. The predicted octanol–water partition coefficient (Wildman–Crippen LogP) is 2.87. The van der Waals surface area contributed by atoms with Gasteiger partial charge in [-0.25, -0.2) is 0 Å². The smallest absolute Gasteiger partial charge is 0.286 e. The summed E-state index contributed by atoms with van der Waals surface area (Å²) in [6, 6.07) is 2.47. The van der Waals surface area contributed by atoms with Crippen LogP contribution in [0.25, 0.3) is 0 Å². The van der Waals surface area contributed by atoms with E-state index in [0.29, 0.717) is 23.7 Å². The minimum absolute atomic E-state index is 0.0527. The van der Waals surface area contributed by atoms with Gasteiger partial charge in [-0.3, -0.25) is 29.8 Å². The van der Waals surface area contributed by atoms with Gasteiger partial charge in [-0.15, -0.1) is 0 Å². The zero-order valence-electron chi connectivity index (χ0n) is 24.3. The maximum absolute atomic E-state index is 13.2. The van der Waals surface area contributed by atoms with Crippen molar-refractivity contribution in [1.82, 2.24) is 9.80 Å². The van der Waals surface area contributed by atoms with E-state index < -0.39 is 51.9 Å². The Morgan fingerprint density at radius 2 is 1.16 bits per heavy atom. The molecular formula is C29H28N4O12. The molecule has 2 atom stereocenters. The maximum Gasteiger partial charge on any atom is 0.286 e. The zero-order valence-corrected chi connectivity index (χ0v) is 24.3. The SMILES string of the molecule is C=C1C[C@@H](C=O)N(C(=O)c2cc(OC)c(OCOc3cc([N+](=O)[O-])c(C(=O)N4CC(=C)C[C@H]4C=O)cc3OC)cc2[N+](=O)[O-])C1. The van der Waals surface area contributed by atoms with Gasteiger partial charge in [0.25, 0.3) is 23.2 Å². The fourth-order valence-electron chi connectivity index (χ4n) is 5.10. The van der Waals surface area contributed by atoms with Crippen molar-refractivity contribution in [2.75, 3.05) is 34.1 Å². The number of carbonyl (C=O) groups is 4. The molecule has 2 amide bonds. The lowest BCUT2D eigenvalue weighted by atomic mass is 10.1. The Balaban J connectivity index is 1.60. The van der Waals surface area contributed by atoms with Gasteiger partial charge in [-0.2, -0.15) is 0 Å². The molecule has 0 spiro atoms. The molecule has 2 aliphatic heterocycles. The van der Waals surface area contributed by atoms with Gasteiger partial charge in [0.2, 0.25) is 6.79 Å². The van der Waals surface area contributed by atoms with Crippen molar-refractivity contribution in [2.24, 2.45) is 0 Å². The largest absolute Gasteiger partial charge is 0.493 e. The van der Waals surface area contributed by atoms with Crippen LogP contribution in [0.1, 0.15) is 33.6 Å². The average molecular weight is 625 g/mol. The monoisotopic (exact) mass is 624 g/mol. The number of rotatable bonds is 12. The second-order valence-corrected chi connectivity index (χ2v) is 10.1. The van der Waals surface area contributed by atoms with E-state index in [1.807, 2.05) is 0 Å². The number of hydrogen-bond acceptors (Lipinski definition) is 12. The quantitative estimate of drug-likeness (QED) is 0.110. The van der Waals surface area contributed by atoms with Crippen LogP contribution in [0, 0.1) is 20.2 Å². The summed E-state index contributed by atoms with van der Waals surface area (Å²) in [5, 5.41) is 23.8. The minimum atomic E-state index is -0.818. The lowest BCUT2D eigenvalue weighted by molar-refractivity contribution is -0.385. The topological polar surface area (TPSA) is 198 Å². The molecule has 2 aliphatic rings. The summed E-state index contributed by atoms with van der Waals surface area (Å²) in [6.45, 7) is 7.01. The number of methoxy groups -OCH3 is 2. The van der Waals surface area contributed by atoms with E-state index in [1.54, 1.807) is 0 Å². The average Bonchev–Trinajstić information content (AvgIpc) is 3.60. The van der Waals surface area contributed by atoms with Crippen molar-refractivity contribution >= 4 is 35.8 Å². The van der Waals surface area contributed by atoms with E-state index in [1.165, 1.54) is 24.0 Å². The van der Waals surface area contributed by atoms with Crippen LogP contribution in [0.4, 0.5) is 11.4 Å². The second-order valence-electron chi connectivity index (χ2n) is 10.1. The summed E-state index contributed by atoms with van der Waals surface area (Å²) in [6.07, 6.45) is 1.62. The van der Waals surface area contributed by atoms with Crippen LogP contribution in [-0.4, -0.2) is 90.2 Å². The van der Waals surface area contributed by atoms with Gasteiger partial charge in [0.05, 0.1) is 48.3 Å². The van der Waals surface area contributed by atoms with Crippen molar-refractivity contribution in [3.63, 3.8) is 0 Å². The van der Waals surface area contributed by atoms with Gasteiger partial charge in [-0.05, 0) is 12.8 Å². The number of likely N-dealkylation sites (tertiary alicyclic amines) is 2. The molecule has 2 aromatic rings. The fraction of sp³-hybridized carbons (Fsp3) is 0.310. The number of aldehydes is 2. The Morgan fingerprint density at radius 3 is 1.47 bits per heavy atom. The van der Waals surface area contributed by atoms with Crippen LogP contribution >= 0.6 is 0 Å². The van der Waals surface area contributed by atoms with Crippen LogP contribution in [-0.2, 0) is 9.59 Å². The van der Waals surface area contributed by atoms with E-state index in [-0.39, 0.29) is 60.1 Å². The highest BCUT2D eigenvalue weighted by Crippen LogP contribution is 2.39. The van der Waals surface area contributed by atoms with Crippen LogP contribution < -0.4 is 18.9 Å². The van der Waals surface area contributed by atoms with Gasteiger partial charge in [-0.1, -0.05) is 24.3 Å². The number of nitrogens with zero attached hydrogens (tertiary/aromatic N) is 4. The molecule has 0 saturated carbocycles. The molecule has 2 aromatic carbocycles. The summed E-state index contributed by atoms with van der Waals surface area (Å²) < 4.78 is 21.6. The van der Waals surface area contributed by atoms with Gasteiger partial charge in [0.1, 0.15) is 23.7 Å². The lowest BCUT2D eigenvalue weighted by Gasteiger charge is -2.21. The molecule has 45 heavy (non-hydrogen) atoms. The molecule has 0 radical (unpaired) electrons. The minimum Gasteiger partial charge on any atom is -0.493 e. The molecule has 0 unspecified atom stereocenters. The molecule has 236 valence electrons. The molecule has 2 fully saturated rings. The first-order valence-corrected chi connectivity index (χ1v) is 13.3. The molecule has 0 N–H and O–H groups in total. The highest BCUT2D eigenvalue weighted by Gasteiger charge is 2.37. The van der Waals surface area contributed by atoms with Crippen molar-refractivity contribution < 1.29 is 48.0 Å². The molecule has 16 nitrogen and oxygen atoms in total. The van der Waals surface area contributed by atoms with E-state index in [4.69, 9.17) is 18.9 Å². The Hall–Kier alpha value is -5.80. The summed E-state index contributed by atoms with van der Waals surface area (Å²) in [5.41, 5.74) is -0.718. The first-order chi connectivity index (χ1) is 21.4. The zero-order chi connectivity index (χ0) is 33.0. The van der Waals surface area contributed by atoms with Gasteiger partial charge >= 0.3 is 0 Å². The highest BCUT2D eigenvalue weighted by molar-refractivity contribution is 6.01. The summed E-state index contributed by atoms with van der Waals surface area (Å²) in [7, 11) is 2.48.